The van der Waals surface area contributed by atoms with E-state index in [2.05, 4.69) is 27.2 Å². The van der Waals surface area contributed by atoms with Crippen molar-refractivity contribution >= 4 is 33.5 Å². The minimum absolute atomic E-state index is 0.0488. The molecule has 1 fully saturated rings. The monoisotopic (exact) mass is 500 g/mol. The number of hydrogen-bond donors (Lipinski definition) is 1. The van der Waals surface area contributed by atoms with Gasteiger partial charge in [-0.3, -0.25) is 4.79 Å². The first-order chi connectivity index (χ1) is 17.4. The molecule has 3 unspecified atom stereocenters. The van der Waals surface area contributed by atoms with Gasteiger partial charge in [-0.05, 0) is 55.5 Å². The first kappa shape index (κ1) is 24.2. The molecular formula is C28H28N4O3S. The number of anilines is 1. The highest BCUT2D eigenvalue weighted by Gasteiger charge is 2.30. The van der Waals surface area contributed by atoms with Crippen LogP contribution in [0.4, 0.5) is 5.69 Å². The number of nitrogens with zero attached hydrogens (tertiary/aromatic N) is 3. The Morgan fingerprint density at radius 2 is 1.92 bits per heavy atom. The van der Waals surface area contributed by atoms with Crippen LogP contribution in [0.1, 0.15) is 31.7 Å². The van der Waals surface area contributed by atoms with Crippen LogP contribution in [0.5, 0.6) is 11.6 Å². The van der Waals surface area contributed by atoms with Crippen molar-refractivity contribution in [3.05, 3.63) is 66.5 Å². The van der Waals surface area contributed by atoms with E-state index in [1.807, 2.05) is 43.3 Å². The predicted octanol–water partition coefficient (Wildman–Crippen LogP) is 5.90. The number of aromatic nitrogens is 3. The van der Waals surface area contributed by atoms with Crippen LogP contribution in [-0.4, -0.2) is 31.7 Å². The normalized spacial score (nSPS) is 18.2. The molecule has 184 valence electrons. The van der Waals surface area contributed by atoms with Gasteiger partial charge in [0.05, 0.1) is 11.3 Å². The molecule has 36 heavy (non-hydrogen) atoms. The van der Waals surface area contributed by atoms with E-state index in [4.69, 9.17) is 4.74 Å². The molecule has 0 saturated heterocycles. The van der Waals surface area contributed by atoms with Crippen LogP contribution in [0.25, 0.3) is 22.0 Å². The van der Waals surface area contributed by atoms with Gasteiger partial charge in [0.15, 0.2) is 0 Å². The van der Waals surface area contributed by atoms with Gasteiger partial charge in [0.2, 0.25) is 11.8 Å². The SMILES string of the molecule is Cc1ccc2c(NC(=O)C3CCCC3C)cccc2c1Oc1ncccc1-c1ccnc([S+](C)[O-])n1. The molecule has 1 saturated carbocycles. The number of carbonyl (C=O) groups excluding carboxylic acids is 1. The van der Waals surface area contributed by atoms with E-state index < -0.39 is 11.2 Å². The van der Waals surface area contributed by atoms with Crippen LogP contribution >= 0.6 is 0 Å². The summed E-state index contributed by atoms with van der Waals surface area (Å²) in [4.78, 5) is 26.0. The molecule has 0 aliphatic heterocycles. The Balaban J connectivity index is 1.52. The highest BCUT2D eigenvalue weighted by Crippen LogP contribution is 2.39. The molecule has 1 aliphatic carbocycles. The summed E-state index contributed by atoms with van der Waals surface area (Å²) in [5.41, 5.74) is 2.95. The van der Waals surface area contributed by atoms with E-state index in [9.17, 15) is 9.35 Å². The lowest BCUT2D eigenvalue weighted by atomic mass is 9.97. The summed E-state index contributed by atoms with van der Waals surface area (Å²) in [6, 6.07) is 15.2. The van der Waals surface area contributed by atoms with Gasteiger partial charge >= 0.3 is 5.16 Å². The molecule has 4 aromatic rings. The van der Waals surface area contributed by atoms with Crippen molar-refractivity contribution in [1.29, 1.82) is 0 Å². The van der Waals surface area contributed by atoms with Gasteiger partial charge in [-0.15, -0.1) is 0 Å². The number of benzene rings is 2. The van der Waals surface area contributed by atoms with Crippen molar-refractivity contribution in [2.75, 3.05) is 11.6 Å². The zero-order chi connectivity index (χ0) is 25.2. The third-order valence-electron chi connectivity index (χ3n) is 6.80. The lowest BCUT2D eigenvalue weighted by Crippen LogP contribution is -2.24. The summed E-state index contributed by atoms with van der Waals surface area (Å²) in [7, 11) is 0. The van der Waals surface area contributed by atoms with Crippen molar-refractivity contribution < 1.29 is 14.1 Å². The Morgan fingerprint density at radius 3 is 2.69 bits per heavy atom. The molecular weight excluding hydrogens is 472 g/mol. The molecule has 0 spiro atoms. The third kappa shape index (κ3) is 4.79. The molecule has 2 aromatic heterocycles. The smallest absolute Gasteiger partial charge is 0.342 e. The fourth-order valence-corrected chi connectivity index (χ4v) is 5.27. The average Bonchev–Trinajstić information content (AvgIpc) is 3.32. The van der Waals surface area contributed by atoms with Crippen LogP contribution in [0.3, 0.4) is 0 Å². The van der Waals surface area contributed by atoms with E-state index in [0.717, 1.165) is 41.3 Å². The highest BCUT2D eigenvalue weighted by atomic mass is 32.2. The topological polar surface area (TPSA) is 100 Å². The lowest BCUT2D eigenvalue weighted by Gasteiger charge is -2.18. The van der Waals surface area contributed by atoms with Gasteiger partial charge in [0.25, 0.3) is 0 Å². The van der Waals surface area contributed by atoms with Crippen molar-refractivity contribution in [3.63, 3.8) is 0 Å². The average molecular weight is 501 g/mol. The highest BCUT2D eigenvalue weighted by molar-refractivity contribution is 7.90. The van der Waals surface area contributed by atoms with Gasteiger partial charge in [0, 0.05) is 45.9 Å². The Labute approximate surface area is 213 Å². The summed E-state index contributed by atoms with van der Waals surface area (Å²) >= 11 is -1.31. The van der Waals surface area contributed by atoms with Crippen LogP contribution in [0.2, 0.25) is 0 Å². The van der Waals surface area contributed by atoms with E-state index in [1.54, 1.807) is 30.8 Å². The molecule has 0 radical (unpaired) electrons. The van der Waals surface area contributed by atoms with Crippen molar-refractivity contribution in [2.24, 2.45) is 11.8 Å². The molecule has 8 heteroatoms. The molecule has 1 aliphatic rings. The maximum absolute atomic E-state index is 13.0. The number of ether oxygens (including phenoxy) is 1. The minimum atomic E-state index is -1.31. The van der Waals surface area contributed by atoms with Gasteiger partial charge in [0.1, 0.15) is 12.0 Å². The Hall–Kier alpha value is -3.49. The molecule has 1 amide bonds. The second-order valence-corrected chi connectivity index (χ2v) is 10.5. The standard InChI is InChI=1S/C28H28N4O3S/c1-17-7-4-8-19(17)26(33)31-23-11-5-9-21-20(23)13-12-18(2)25(21)35-27-22(10-6-15-29-27)24-14-16-30-28(32-24)36(3)34/h5-6,9-17,19H,4,7-8H2,1-3H3,(H,31,33). The number of pyridine rings is 1. The zero-order valence-corrected chi connectivity index (χ0v) is 21.3. The van der Waals surface area contributed by atoms with E-state index >= 15 is 0 Å². The predicted molar refractivity (Wildman–Crippen MR) is 141 cm³/mol. The molecule has 2 heterocycles. The number of aryl methyl sites for hydroxylation is 1. The summed E-state index contributed by atoms with van der Waals surface area (Å²) in [6.07, 6.45) is 7.92. The summed E-state index contributed by atoms with van der Waals surface area (Å²) in [5.74, 6) is 1.57. The largest absolute Gasteiger partial charge is 0.609 e. The van der Waals surface area contributed by atoms with Gasteiger partial charge < -0.3 is 14.6 Å². The molecule has 0 bridgehead atoms. The maximum atomic E-state index is 13.0. The van der Waals surface area contributed by atoms with Crippen molar-refractivity contribution in [1.82, 2.24) is 15.0 Å². The second kappa shape index (κ2) is 10.2. The first-order valence-electron chi connectivity index (χ1n) is 12.1. The van der Waals surface area contributed by atoms with Crippen molar-refractivity contribution in [2.45, 2.75) is 38.3 Å². The Kier molecular flexibility index (Phi) is 6.89. The van der Waals surface area contributed by atoms with Crippen LogP contribution < -0.4 is 10.1 Å². The summed E-state index contributed by atoms with van der Waals surface area (Å²) < 4.78 is 18.3. The zero-order valence-electron chi connectivity index (χ0n) is 20.5. The number of fused-ring (bicyclic) bond motifs is 1. The molecule has 3 atom stereocenters. The first-order valence-corrected chi connectivity index (χ1v) is 13.6. The molecule has 5 rings (SSSR count). The second-order valence-electron chi connectivity index (χ2n) is 9.25. The number of hydrogen-bond acceptors (Lipinski definition) is 6. The Morgan fingerprint density at radius 1 is 1.06 bits per heavy atom. The number of nitrogens with one attached hydrogen (secondary N) is 1. The van der Waals surface area contributed by atoms with E-state index in [0.29, 0.717) is 28.8 Å². The fraction of sp³-hybridized carbons (Fsp3) is 0.286. The third-order valence-corrected chi connectivity index (χ3v) is 7.51. The van der Waals surface area contributed by atoms with Crippen LogP contribution in [0, 0.1) is 18.8 Å². The van der Waals surface area contributed by atoms with Gasteiger partial charge in [-0.2, -0.15) is 9.97 Å². The van der Waals surface area contributed by atoms with Gasteiger partial charge in [-0.25, -0.2) is 4.98 Å². The summed E-state index contributed by atoms with van der Waals surface area (Å²) in [6.45, 7) is 4.13. The molecule has 2 aromatic carbocycles. The number of rotatable bonds is 6. The summed E-state index contributed by atoms with van der Waals surface area (Å²) in [5, 5.41) is 5.20. The lowest BCUT2D eigenvalue weighted by molar-refractivity contribution is -0.120. The molecule has 1 N–H and O–H groups in total. The fourth-order valence-electron chi connectivity index (χ4n) is 4.84. The number of carbonyl (C=O) groups is 1. The minimum Gasteiger partial charge on any atom is -0.609 e. The Bertz CT molecular complexity index is 1430. The van der Waals surface area contributed by atoms with Gasteiger partial charge in [-0.1, -0.05) is 37.6 Å². The van der Waals surface area contributed by atoms with Crippen LogP contribution in [-0.2, 0) is 16.0 Å². The van der Waals surface area contributed by atoms with E-state index in [1.165, 1.54) is 0 Å². The maximum Gasteiger partial charge on any atom is 0.342 e. The number of amides is 1. The van der Waals surface area contributed by atoms with Crippen LogP contribution in [0.15, 0.2) is 66.1 Å². The quantitative estimate of drug-likeness (QED) is 0.261. The van der Waals surface area contributed by atoms with Crippen molar-refractivity contribution in [3.8, 4) is 22.9 Å². The molecule has 7 nitrogen and oxygen atoms in total. The van der Waals surface area contributed by atoms with E-state index in [-0.39, 0.29) is 17.0 Å².